The molecule has 0 heterocycles. The van der Waals surface area contributed by atoms with Crippen LogP contribution in [0.5, 0.6) is 11.5 Å². The Hall–Kier alpha value is -3.06. The summed E-state index contributed by atoms with van der Waals surface area (Å²) in [4.78, 5) is 22.4. The zero-order valence-corrected chi connectivity index (χ0v) is 14.7. The molecular weight excluding hydrogens is 336 g/mol. The average Bonchev–Trinajstić information content (AvgIpc) is 2.59. The van der Waals surface area contributed by atoms with E-state index in [1.54, 1.807) is 48.5 Å². The maximum Gasteiger partial charge on any atom is 0.221 e. The molecule has 0 atom stereocenters. The number of hydrogen-bond acceptors (Lipinski definition) is 5. The summed E-state index contributed by atoms with van der Waals surface area (Å²) < 4.78 is 11.1. The number of anilines is 2. The largest absolute Gasteiger partial charge is 0.489 e. The monoisotopic (exact) mass is 358 g/mol. The summed E-state index contributed by atoms with van der Waals surface area (Å²) in [5.41, 5.74) is 1.06. The zero-order chi connectivity index (χ0) is 18.9. The highest BCUT2D eigenvalue weighted by molar-refractivity contribution is 5.90. The van der Waals surface area contributed by atoms with Gasteiger partial charge in [-0.05, 0) is 24.3 Å². The van der Waals surface area contributed by atoms with Gasteiger partial charge in [-0.1, -0.05) is 24.3 Å². The van der Waals surface area contributed by atoms with Crippen LogP contribution in [-0.2, 0) is 9.59 Å². The molecule has 3 N–H and O–H groups in total. The third-order valence-electron chi connectivity index (χ3n) is 3.26. The van der Waals surface area contributed by atoms with Crippen LogP contribution in [0.3, 0.4) is 0 Å². The van der Waals surface area contributed by atoms with Crippen LogP contribution < -0.4 is 20.1 Å². The molecule has 0 spiro atoms. The van der Waals surface area contributed by atoms with E-state index < -0.39 is 6.10 Å². The van der Waals surface area contributed by atoms with E-state index in [-0.39, 0.29) is 25.0 Å². The van der Waals surface area contributed by atoms with Gasteiger partial charge in [0.05, 0.1) is 11.4 Å². The number of aliphatic hydroxyl groups excluding tert-OH is 1. The van der Waals surface area contributed by atoms with Gasteiger partial charge in [0.15, 0.2) is 0 Å². The van der Waals surface area contributed by atoms with Crippen LogP contribution in [-0.4, -0.2) is 36.2 Å². The first-order valence-electron chi connectivity index (χ1n) is 8.12. The highest BCUT2D eigenvalue weighted by Crippen LogP contribution is 2.25. The Morgan fingerprint density at radius 1 is 0.846 bits per heavy atom. The van der Waals surface area contributed by atoms with Gasteiger partial charge < -0.3 is 25.2 Å². The molecule has 0 aliphatic rings. The van der Waals surface area contributed by atoms with Gasteiger partial charge >= 0.3 is 0 Å². The van der Waals surface area contributed by atoms with Gasteiger partial charge in [0.1, 0.15) is 30.8 Å². The maximum absolute atomic E-state index is 11.2. The van der Waals surface area contributed by atoms with Gasteiger partial charge in [0.2, 0.25) is 11.8 Å². The molecule has 0 fully saturated rings. The number of carbonyl (C=O) groups excluding carboxylic acids is 2. The first-order chi connectivity index (χ1) is 12.5. The molecule has 2 aromatic carbocycles. The molecule has 0 bridgehead atoms. The van der Waals surface area contributed by atoms with E-state index in [0.717, 1.165) is 0 Å². The third kappa shape index (κ3) is 6.10. The summed E-state index contributed by atoms with van der Waals surface area (Å²) in [5, 5.41) is 15.4. The third-order valence-corrected chi connectivity index (χ3v) is 3.26. The van der Waals surface area contributed by atoms with E-state index in [2.05, 4.69) is 10.6 Å². The summed E-state index contributed by atoms with van der Waals surface area (Å²) >= 11 is 0. The van der Waals surface area contributed by atoms with Crippen LogP contribution in [0.15, 0.2) is 48.5 Å². The van der Waals surface area contributed by atoms with Crippen molar-refractivity contribution in [2.24, 2.45) is 0 Å². The Labute approximate surface area is 151 Å². The predicted molar refractivity (Wildman–Crippen MR) is 98.5 cm³/mol. The minimum Gasteiger partial charge on any atom is -0.489 e. The first kappa shape index (κ1) is 19.3. The van der Waals surface area contributed by atoms with Crippen molar-refractivity contribution in [2.45, 2.75) is 20.0 Å². The predicted octanol–water partition coefficient (Wildman–Crippen LogP) is 2.42. The number of benzene rings is 2. The van der Waals surface area contributed by atoms with E-state index in [1.165, 1.54) is 13.8 Å². The maximum atomic E-state index is 11.2. The summed E-state index contributed by atoms with van der Waals surface area (Å²) in [6.07, 6.45) is -0.897. The number of hydrogen-bond donors (Lipinski definition) is 3. The Morgan fingerprint density at radius 3 is 1.62 bits per heavy atom. The van der Waals surface area contributed by atoms with Crippen LogP contribution in [0.4, 0.5) is 11.4 Å². The van der Waals surface area contributed by atoms with Crippen LogP contribution >= 0.6 is 0 Å². The van der Waals surface area contributed by atoms with Crippen LogP contribution in [0.2, 0.25) is 0 Å². The number of carbonyl (C=O) groups is 2. The molecule has 7 heteroatoms. The molecule has 138 valence electrons. The second-order valence-electron chi connectivity index (χ2n) is 5.63. The molecule has 7 nitrogen and oxygen atoms in total. The van der Waals surface area contributed by atoms with Crippen LogP contribution in [0.1, 0.15) is 13.8 Å². The topological polar surface area (TPSA) is 96.9 Å². The van der Waals surface area contributed by atoms with Gasteiger partial charge in [-0.25, -0.2) is 0 Å². The van der Waals surface area contributed by atoms with Crippen molar-refractivity contribution < 1.29 is 24.2 Å². The fourth-order valence-corrected chi connectivity index (χ4v) is 2.19. The summed E-state index contributed by atoms with van der Waals surface area (Å²) in [7, 11) is 0. The molecule has 0 aromatic heterocycles. The highest BCUT2D eigenvalue weighted by Gasteiger charge is 2.11. The van der Waals surface area contributed by atoms with Crippen molar-refractivity contribution in [2.75, 3.05) is 23.8 Å². The second kappa shape index (κ2) is 9.43. The summed E-state index contributed by atoms with van der Waals surface area (Å²) in [6.45, 7) is 2.79. The normalized spacial score (nSPS) is 10.3. The number of para-hydroxylation sites is 4. The van der Waals surface area contributed by atoms with Crippen LogP contribution in [0.25, 0.3) is 0 Å². The smallest absolute Gasteiger partial charge is 0.221 e. The van der Waals surface area contributed by atoms with Gasteiger partial charge in [-0.2, -0.15) is 0 Å². The molecule has 0 aliphatic carbocycles. The number of nitrogens with one attached hydrogen (secondary N) is 2. The number of rotatable bonds is 8. The fourth-order valence-electron chi connectivity index (χ4n) is 2.19. The van der Waals surface area contributed by atoms with Crippen molar-refractivity contribution in [3.8, 4) is 11.5 Å². The lowest BCUT2D eigenvalue weighted by molar-refractivity contribution is -0.115. The van der Waals surface area contributed by atoms with Gasteiger partial charge in [-0.3, -0.25) is 9.59 Å². The van der Waals surface area contributed by atoms with Gasteiger partial charge in [0, 0.05) is 13.8 Å². The Morgan fingerprint density at radius 2 is 1.23 bits per heavy atom. The molecule has 2 aromatic rings. The lowest BCUT2D eigenvalue weighted by Crippen LogP contribution is -2.25. The number of amides is 2. The number of aliphatic hydroxyl groups is 1. The van der Waals surface area contributed by atoms with Crippen LogP contribution in [0, 0.1) is 0 Å². The van der Waals surface area contributed by atoms with E-state index in [4.69, 9.17) is 9.47 Å². The number of ether oxygens (including phenoxy) is 2. The molecule has 0 saturated heterocycles. The molecule has 26 heavy (non-hydrogen) atoms. The molecular formula is C19H22N2O5. The molecule has 2 rings (SSSR count). The van der Waals surface area contributed by atoms with Gasteiger partial charge in [0.25, 0.3) is 0 Å². The van der Waals surface area contributed by atoms with Crippen molar-refractivity contribution >= 4 is 23.2 Å². The molecule has 0 aliphatic heterocycles. The second-order valence-corrected chi connectivity index (χ2v) is 5.63. The Kier molecular flexibility index (Phi) is 6.99. The van der Waals surface area contributed by atoms with Crippen molar-refractivity contribution in [1.29, 1.82) is 0 Å². The Bertz CT molecular complexity index is 700. The van der Waals surface area contributed by atoms with E-state index in [9.17, 15) is 14.7 Å². The average molecular weight is 358 g/mol. The van der Waals surface area contributed by atoms with E-state index in [0.29, 0.717) is 22.9 Å². The lowest BCUT2D eigenvalue weighted by atomic mass is 10.3. The van der Waals surface area contributed by atoms with Gasteiger partial charge in [-0.15, -0.1) is 0 Å². The Balaban J connectivity index is 1.90. The fraction of sp³-hybridized carbons (Fsp3) is 0.263. The van der Waals surface area contributed by atoms with E-state index >= 15 is 0 Å². The quantitative estimate of drug-likeness (QED) is 0.673. The minimum atomic E-state index is -0.897. The van der Waals surface area contributed by atoms with E-state index in [1.807, 2.05) is 0 Å². The van der Waals surface area contributed by atoms with Crippen molar-refractivity contribution in [1.82, 2.24) is 0 Å². The molecule has 0 radical (unpaired) electrons. The standard InChI is InChI=1S/C19H22N2O5/c1-13(22)20-16-7-3-5-9-18(16)25-11-15(24)12-26-19-10-6-4-8-17(19)21-14(2)23/h3-10,15,24H,11-12H2,1-2H3,(H,20,22)(H,21,23). The van der Waals surface area contributed by atoms with Crippen molar-refractivity contribution in [3.63, 3.8) is 0 Å². The highest BCUT2D eigenvalue weighted by atomic mass is 16.5. The van der Waals surface area contributed by atoms with Crippen molar-refractivity contribution in [3.05, 3.63) is 48.5 Å². The summed E-state index contributed by atoms with van der Waals surface area (Å²) in [5.74, 6) is 0.500. The lowest BCUT2D eigenvalue weighted by Gasteiger charge is -2.17. The minimum absolute atomic E-state index is 0.0150. The molecule has 0 unspecified atom stereocenters. The SMILES string of the molecule is CC(=O)Nc1ccccc1OCC(O)COc1ccccc1NC(C)=O. The zero-order valence-electron chi connectivity index (χ0n) is 14.7. The first-order valence-corrected chi connectivity index (χ1v) is 8.12. The molecule has 2 amide bonds. The molecule has 0 saturated carbocycles. The summed E-state index contributed by atoms with van der Waals surface area (Å²) in [6, 6.07) is 13.9.